The number of aromatic nitrogens is 1. The van der Waals surface area contributed by atoms with Gasteiger partial charge in [0, 0.05) is 35.5 Å². The molecule has 1 aromatic heterocycles. The first-order chi connectivity index (χ1) is 18.6. The Kier molecular flexibility index (Phi) is 6.33. The second-order valence-corrected chi connectivity index (χ2v) is 9.57. The Bertz CT molecular complexity index is 1500. The summed E-state index contributed by atoms with van der Waals surface area (Å²) >= 11 is 0. The van der Waals surface area contributed by atoms with E-state index in [0.717, 1.165) is 54.1 Å². The maximum atomic E-state index is 13.5. The van der Waals surface area contributed by atoms with Gasteiger partial charge in [-0.2, -0.15) is 0 Å². The van der Waals surface area contributed by atoms with E-state index in [9.17, 15) is 14.7 Å². The monoisotopic (exact) mass is 509 g/mol. The van der Waals surface area contributed by atoms with Crippen molar-refractivity contribution in [3.8, 4) is 28.5 Å². The third-order valence-corrected chi connectivity index (χ3v) is 7.11. The predicted molar refractivity (Wildman–Crippen MR) is 141 cm³/mol. The zero-order chi connectivity index (χ0) is 26.1. The van der Waals surface area contributed by atoms with E-state index in [2.05, 4.69) is 4.57 Å². The average Bonchev–Trinajstić information content (AvgIpc) is 3.57. The van der Waals surface area contributed by atoms with Crippen LogP contribution in [0.3, 0.4) is 0 Å². The summed E-state index contributed by atoms with van der Waals surface area (Å²) < 4.78 is 18.9. The Hall–Kier alpha value is -4.52. The lowest BCUT2D eigenvalue weighted by Gasteiger charge is -2.20. The Morgan fingerprint density at radius 3 is 2.39 bits per heavy atom. The molecule has 1 N–H and O–H groups in total. The number of hydrogen-bond donors (Lipinski definition) is 1. The smallest absolute Gasteiger partial charge is 0.336 e. The van der Waals surface area contributed by atoms with Gasteiger partial charge in [-0.05, 0) is 60.7 Å². The Labute approximate surface area is 220 Å². The summed E-state index contributed by atoms with van der Waals surface area (Å²) in [7, 11) is 0. The molecule has 192 valence electrons. The predicted octanol–water partition coefficient (Wildman–Crippen LogP) is 5.92. The molecule has 2 aliphatic heterocycles. The number of carboxylic acid groups (broad SMARTS) is 1. The molecule has 3 aromatic carbocycles. The number of ketones is 1. The van der Waals surface area contributed by atoms with Crippen LogP contribution in [0, 0.1) is 0 Å². The van der Waals surface area contributed by atoms with Crippen molar-refractivity contribution in [2.24, 2.45) is 0 Å². The maximum absolute atomic E-state index is 13.5. The molecule has 0 saturated carbocycles. The minimum Gasteiger partial charge on any atom is -0.489 e. The zero-order valence-corrected chi connectivity index (χ0v) is 20.8. The zero-order valence-electron chi connectivity index (χ0n) is 20.8. The fourth-order valence-corrected chi connectivity index (χ4v) is 5.20. The molecular weight excluding hydrogens is 482 g/mol. The van der Waals surface area contributed by atoms with Crippen molar-refractivity contribution >= 4 is 11.8 Å². The Balaban J connectivity index is 1.26. The number of carbonyl (C=O) groups excluding carboxylic acids is 1. The van der Waals surface area contributed by atoms with Gasteiger partial charge in [0.25, 0.3) is 0 Å². The molecule has 3 heterocycles. The van der Waals surface area contributed by atoms with E-state index in [0.29, 0.717) is 29.2 Å². The molecule has 0 radical (unpaired) electrons. The molecule has 4 aromatic rings. The van der Waals surface area contributed by atoms with E-state index in [1.165, 1.54) is 6.07 Å². The molecule has 0 atom stereocenters. The van der Waals surface area contributed by atoms with Crippen molar-refractivity contribution in [2.75, 3.05) is 6.79 Å². The molecule has 0 saturated heterocycles. The topological polar surface area (TPSA) is 87.0 Å². The summed E-state index contributed by atoms with van der Waals surface area (Å²) in [5.41, 5.74) is 4.99. The fourth-order valence-electron chi connectivity index (χ4n) is 5.20. The van der Waals surface area contributed by atoms with Crippen LogP contribution in [-0.2, 0) is 26.0 Å². The van der Waals surface area contributed by atoms with E-state index < -0.39 is 5.97 Å². The van der Waals surface area contributed by atoms with Crippen molar-refractivity contribution in [3.63, 3.8) is 0 Å². The summed E-state index contributed by atoms with van der Waals surface area (Å²) in [6, 6.07) is 22.6. The van der Waals surface area contributed by atoms with Crippen LogP contribution < -0.4 is 14.2 Å². The van der Waals surface area contributed by atoms with E-state index in [1.807, 2.05) is 60.7 Å². The lowest BCUT2D eigenvalue weighted by molar-refractivity contribution is 0.0697. The number of fused-ring (bicyclic) bond motifs is 2. The quantitative estimate of drug-likeness (QED) is 0.297. The van der Waals surface area contributed by atoms with Gasteiger partial charge in [-0.1, -0.05) is 42.5 Å². The first-order valence-corrected chi connectivity index (χ1v) is 12.8. The number of aromatic carboxylic acids is 1. The standard InChI is InChI=1S/C31H27NO6/c33-28(14-20-9-11-22(12-10-20)36-18-21-6-2-1-3-7-21)25-15-27(32-13-5-4-8-26(25)32)23-16-29-30(38-19-37-29)17-24(23)31(34)35/h1-3,6-7,9-12,15-17H,4-5,8,13-14,18-19H2,(H,34,35). The molecule has 0 spiro atoms. The highest BCUT2D eigenvalue weighted by atomic mass is 16.7. The van der Waals surface area contributed by atoms with Gasteiger partial charge in [0.15, 0.2) is 17.3 Å². The fraction of sp³-hybridized carbons (Fsp3) is 0.226. The summed E-state index contributed by atoms with van der Waals surface area (Å²) in [5.74, 6) is 0.644. The molecule has 38 heavy (non-hydrogen) atoms. The van der Waals surface area contributed by atoms with Crippen molar-refractivity contribution in [1.29, 1.82) is 0 Å². The van der Waals surface area contributed by atoms with E-state index in [4.69, 9.17) is 14.2 Å². The summed E-state index contributed by atoms with van der Waals surface area (Å²) in [4.78, 5) is 25.6. The van der Waals surface area contributed by atoms with Crippen molar-refractivity contribution in [3.05, 3.63) is 101 Å². The van der Waals surface area contributed by atoms with E-state index in [1.54, 1.807) is 6.07 Å². The molecule has 0 aliphatic carbocycles. The molecule has 2 aliphatic rings. The van der Waals surface area contributed by atoms with Gasteiger partial charge in [-0.15, -0.1) is 0 Å². The van der Waals surface area contributed by atoms with Gasteiger partial charge in [-0.3, -0.25) is 4.79 Å². The number of carbonyl (C=O) groups is 2. The van der Waals surface area contributed by atoms with Crippen LogP contribution in [0.5, 0.6) is 17.2 Å². The second-order valence-electron chi connectivity index (χ2n) is 9.57. The molecular formula is C31H27NO6. The Morgan fingerprint density at radius 2 is 1.63 bits per heavy atom. The third kappa shape index (κ3) is 4.63. The maximum Gasteiger partial charge on any atom is 0.336 e. The summed E-state index contributed by atoms with van der Waals surface area (Å²) in [5, 5.41) is 9.92. The Morgan fingerprint density at radius 1 is 0.868 bits per heavy atom. The van der Waals surface area contributed by atoms with Gasteiger partial charge in [0.2, 0.25) is 6.79 Å². The first kappa shape index (κ1) is 23.9. The first-order valence-electron chi connectivity index (χ1n) is 12.8. The number of carboxylic acids is 1. The molecule has 0 fully saturated rings. The number of Topliss-reactive ketones (excluding diaryl/α,β-unsaturated/α-hetero) is 1. The van der Waals surface area contributed by atoms with Gasteiger partial charge in [0.05, 0.1) is 5.56 Å². The molecule has 0 bridgehead atoms. The van der Waals surface area contributed by atoms with Crippen LogP contribution in [0.2, 0.25) is 0 Å². The SMILES string of the molecule is O=C(O)c1cc2c(cc1-c1cc(C(=O)Cc3ccc(OCc4ccccc4)cc3)c3n1CCCC3)OCO2. The van der Waals surface area contributed by atoms with Crippen LogP contribution in [-0.4, -0.2) is 28.2 Å². The minimum absolute atomic E-state index is 0.0115. The second kappa shape index (κ2) is 10.1. The highest BCUT2D eigenvalue weighted by Crippen LogP contribution is 2.41. The lowest BCUT2D eigenvalue weighted by atomic mass is 9.99. The molecule has 7 heteroatoms. The molecule has 7 nitrogen and oxygen atoms in total. The van der Waals surface area contributed by atoms with Crippen LogP contribution in [0.1, 0.15) is 50.4 Å². The highest BCUT2D eigenvalue weighted by Gasteiger charge is 2.28. The number of ether oxygens (including phenoxy) is 3. The van der Waals surface area contributed by atoms with Crippen LogP contribution in [0.25, 0.3) is 11.3 Å². The molecule has 0 amide bonds. The lowest BCUT2D eigenvalue weighted by Crippen LogP contribution is -2.15. The van der Waals surface area contributed by atoms with Gasteiger partial charge in [-0.25, -0.2) is 4.79 Å². The van der Waals surface area contributed by atoms with Crippen molar-refractivity contribution in [1.82, 2.24) is 4.57 Å². The van der Waals surface area contributed by atoms with Gasteiger partial charge in [0.1, 0.15) is 12.4 Å². The van der Waals surface area contributed by atoms with Crippen molar-refractivity contribution < 1.29 is 28.9 Å². The molecule has 0 unspecified atom stereocenters. The third-order valence-electron chi connectivity index (χ3n) is 7.11. The average molecular weight is 510 g/mol. The molecule has 6 rings (SSSR count). The largest absolute Gasteiger partial charge is 0.489 e. The number of hydrogen-bond acceptors (Lipinski definition) is 5. The van der Waals surface area contributed by atoms with Crippen LogP contribution >= 0.6 is 0 Å². The number of rotatable bonds is 8. The number of nitrogens with zero attached hydrogens (tertiary/aromatic N) is 1. The van der Waals surface area contributed by atoms with E-state index >= 15 is 0 Å². The highest BCUT2D eigenvalue weighted by molar-refractivity contribution is 6.02. The van der Waals surface area contributed by atoms with Gasteiger partial charge < -0.3 is 23.9 Å². The summed E-state index contributed by atoms with van der Waals surface area (Å²) in [6.07, 6.45) is 2.99. The minimum atomic E-state index is -1.05. The van der Waals surface area contributed by atoms with E-state index in [-0.39, 0.29) is 24.6 Å². The normalized spacial score (nSPS) is 13.7. The van der Waals surface area contributed by atoms with Crippen molar-refractivity contribution in [2.45, 2.75) is 38.8 Å². The van der Waals surface area contributed by atoms with Crippen LogP contribution in [0.4, 0.5) is 0 Å². The number of benzene rings is 3. The van der Waals surface area contributed by atoms with Crippen LogP contribution in [0.15, 0.2) is 72.8 Å². The summed E-state index contributed by atoms with van der Waals surface area (Å²) in [6.45, 7) is 1.28. The van der Waals surface area contributed by atoms with Gasteiger partial charge >= 0.3 is 5.97 Å².